The predicted octanol–water partition coefficient (Wildman–Crippen LogP) is 2.61. The van der Waals surface area contributed by atoms with Crippen LogP contribution in [0.5, 0.6) is 0 Å². The van der Waals surface area contributed by atoms with Crippen molar-refractivity contribution in [1.29, 1.82) is 0 Å². The molecule has 6 nitrogen and oxygen atoms in total. The first-order valence-electron chi connectivity index (χ1n) is 8.48. The first kappa shape index (κ1) is 17.9. The van der Waals surface area contributed by atoms with Gasteiger partial charge in [0, 0.05) is 18.4 Å². The summed E-state index contributed by atoms with van der Waals surface area (Å²) in [5, 5.41) is 20.6. The first-order chi connectivity index (χ1) is 12.5. The fraction of sp³-hybridized carbons (Fsp3) is 0.300. The number of nitrogens with one attached hydrogen (secondary N) is 1. The highest BCUT2D eigenvalue weighted by molar-refractivity contribution is 5.81. The number of hydrogen-bond acceptors (Lipinski definition) is 4. The molecule has 6 heteroatoms. The van der Waals surface area contributed by atoms with E-state index in [1.54, 1.807) is 6.92 Å². The minimum Gasteiger partial charge on any atom is -0.480 e. The SMILES string of the molecule is CC(CO)C(NC(=O)OCC1c2ccccc2-c2ccccc21)C(=O)O. The normalized spacial score (nSPS) is 14.8. The molecule has 0 bridgehead atoms. The molecule has 2 unspecified atom stereocenters. The molecule has 0 aromatic heterocycles. The van der Waals surface area contributed by atoms with Crippen LogP contribution >= 0.6 is 0 Å². The fourth-order valence-electron chi connectivity index (χ4n) is 3.32. The van der Waals surface area contributed by atoms with E-state index in [1.165, 1.54) is 0 Å². The molecule has 1 amide bonds. The number of benzene rings is 2. The lowest BCUT2D eigenvalue weighted by Crippen LogP contribution is -2.46. The third-order valence-electron chi connectivity index (χ3n) is 4.74. The van der Waals surface area contributed by atoms with Gasteiger partial charge in [0.15, 0.2) is 0 Å². The highest BCUT2D eigenvalue weighted by Crippen LogP contribution is 2.44. The van der Waals surface area contributed by atoms with E-state index in [0.29, 0.717) is 0 Å². The number of carbonyl (C=O) groups is 2. The smallest absolute Gasteiger partial charge is 0.407 e. The number of ether oxygens (including phenoxy) is 1. The quantitative estimate of drug-likeness (QED) is 0.740. The second kappa shape index (κ2) is 7.58. The van der Waals surface area contributed by atoms with Gasteiger partial charge in [0.25, 0.3) is 0 Å². The van der Waals surface area contributed by atoms with Gasteiger partial charge in [0.2, 0.25) is 0 Å². The van der Waals surface area contributed by atoms with Crippen LogP contribution in [-0.2, 0) is 9.53 Å². The Hall–Kier alpha value is -2.86. The maximum Gasteiger partial charge on any atom is 0.407 e. The molecule has 2 aromatic rings. The summed E-state index contributed by atoms with van der Waals surface area (Å²) in [6.45, 7) is 1.31. The van der Waals surface area contributed by atoms with Crippen LogP contribution in [-0.4, -0.2) is 41.5 Å². The molecule has 1 aliphatic rings. The summed E-state index contributed by atoms with van der Waals surface area (Å²) < 4.78 is 5.32. The summed E-state index contributed by atoms with van der Waals surface area (Å²) in [4.78, 5) is 23.3. The molecule has 0 saturated carbocycles. The minimum absolute atomic E-state index is 0.0910. The van der Waals surface area contributed by atoms with Crippen LogP contribution in [0.15, 0.2) is 48.5 Å². The van der Waals surface area contributed by atoms with E-state index in [2.05, 4.69) is 5.32 Å². The molecule has 0 spiro atoms. The van der Waals surface area contributed by atoms with E-state index in [-0.39, 0.29) is 19.1 Å². The number of aliphatic hydroxyl groups excluding tert-OH is 1. The van der Waals surface area contributed by atoms with Gasteiger partial charge < -0.3 is 20.3 Å². The number of aliphatic carboxylic acids is 1. The molecule has 0 aliphatic heterocycles. The number of carboxylic acids is 1. The predicted molar refractivity (Wildman–Crippen MR) is 95.9 cm³/mol. The lowest BCUT2D eigenvalue weighted by Gasteiger charge is -2.20. The van der Waals surface area contributed by atoms with Crippen LogP contribution in [0.2, 0.25) is 0 Å². The van der Waals surface area contributed by atoms with Crippen molar-refractivity contribution in [3.05, 3.63) is 59.7 Å². The van der Waals surface area contributed by atoms with Gasteiger partial charge in [0.05, 0.1) is 0 Å². The fourth-order valence-corrected chi connectivity index (χ4v) is 3.32. The van der Waals surface area contributed by atoms with Crippen molar-refractivity contribution in [3.63, 3.8) is 0 Å². The van der Waals surface area contributed by atoms with Gasteiger partial charge in [-0.1, -0.05) is 55.5 Å². The van der Waals surface area contributed by atoms with Crippen molar-refractivity contribution < 1.29 is 24.5 Å². The average molecular weight is 355 g/mol. The molecule has 3 N–H and O–H groups in total. The van der Waals surface area contributed by atoms with Crippen molar-refractivity contribution in [2.45, 2.75) is 18.9 Å². The van der Waals surface area contributed by atoms with Crippen molar-refractivity contribution in [1.82, 2.24) is 5.32 Å². The van der Waals surface area contributed by atoms with E-state index in [4.69, 9.17) is 9.84 Å². The molecular formula is C20H21NO5. The van der Waals surface area contributed by atoms with Gasteiger partial charge in [-0.25, -0.2) is 9.59 Å². The van der Waals surface area contributed by atoms with Crippen molar-refractivity contribution in [3.8, 4) is 11.1 Å². The molecule has 0 saturated heterocycles. The maximum absolute atomic E-state index is 12.1. The number of fused-ring (bicyclic) bond motifs is 3. The minimum atomic E-state index is -1.21. The summed E-state index contributed by atoms with van der Waals surface area (Å²) in [6, 6.07) is 14.7. The number of carboxylic acid groups (broad SMARTS) is 1. The standard InChI is InChI=1S/C20H21NO5/c1-12(10-22)18(19(23)24)21-20(25)26-11-17-15-8-4-2-6-13(15)14-7-3-5-9-16(14)17/h2-9,12,17-18,22H,10-11H2,1H3,(H,21,25)(H,23,24). The average Bonchev–Trinajstić information content (AvgIpc) is 2.97. The zero-order valence-electron chi connectivity index (χ0n) is 14.4. The van der Waals surface area contributed by atoms with Crippen LogP contribution < -0.4 is 5.32 Å². The van der Waals surface area contributed by atoms with Crippen molar-refractivity contribution >= 4 is 12.1 Å². The zero-order chi connectivity index (χ0) is 18.7. The van der Waals surface area contributed by atoms with Gasteiger partial charge in [-0.15, -0.1) is 0 Å². The Morgan fingerprint density at radius 1 is 1.08 bits per heavy atom. The van der Waals surface area contributed by atoms with Crippen LogP contribution in [0.4, 0.5) is 4.79 Å². The number of rotatable bonds is 6. The second-order valence-corrected chi connectivity index (χ2v) is 6.45. The summed E-state index contributed by atoms with van der Waals surface area (Å²) in [5.74, 6) is -1.92. The van der Waals surface area contributed by atoms with E-state index >= 15 is 0 Å². The Bertz CT molecular complexity index is 774. The molecule has 3 rings (SSSR count). The van der Waals surface area contributed by atoms with Gasteiger partial charge in [0.1, 0.15) is 12.6 Å². The summed E-state index contributed by atoms with van der Waals surface area (Å²) in [6.07, 6.45) is -0.806. The number of carbonyl (C=O) groups excluding carboxylic acids is 1. The van der Waals surface area contributed by atoms with Crippen LogP contribution in [0.1, 0.15) is 24.0 Å². The third kappa shape index (κ3) is 3.41. The van der Waals surface area contributed by atoms with Crippen LogP contribution in [0.3, 0.4) is 0 Å². The van der Waals surface area contributed by atoms with Crippen LogP contribution in [0.25, 0.3) is 11.1 Å². The van der Waals surface area contributed by atoms with Crippen molar-refractivity contribution in [2.24, 2.45) is 5.92 Å². The van der Waals surface area contributed by atoms with E-state index in [9.17, 15) is 14.7 Å². The topological polar surface area (TPSA) is 95.9 Å². The Balaban J connectivity index is 1.72. The summed E-state index contributed by atoms with van der Waals surface area (Å²) in [5.41, 5.74) is 4.41. The molecule has 136 valence electrons. The van der Waals surface area contributed by atoms with Gasteiger partial charge >= 0.3 is 12.1 Å². The first-order valence-corrected chi connectivity index (χ1v) is 8.48. The number of hydrogen-bond donors (Lipinski definition) is 3. The summed E-state index contributed by atoms with van der Waals surface area (Å²) in [7, 11) is 0. The van der Waals surface area contributed by atoms with E-state index in [1.807, 2.05) is 48.5 Å². The zero-order valence-corrected chi connectivity index (χ0v) is 14.4. The lowest BCUT2D eigenvalue weighted by molar-refractivity contribution is -0.141. The summed E-state index contributed by atoms with van der Waals surface area (Å²) >= 11 is 0. The Kier molecular flexibility index (Phi) is 5.23. The maximum atomic E-state index is 12.1. The molecule has 2 aromatic carbocycles. The largest absolute Gasteiger partial charge is 0.480 e. The van der Waals surface area contributed by atoms with E-state index < -0.39 is 24.0 Å². The third-order valence-corrected chi connectivity index (χ3v) is 4.74. The Morgan fingerprint density at radius 3 is 2.12 bits per heavy atom. The second-order valence-electron chi connectivity index (χ2n) is 6.45. The molecular weight excluding hydrogens is 334 g/mol. The van der Waals surface area contributed by atoms with Crippen molar-refractivity contribution in [2.75, 3.05) is 13.2 Å². The molecule has 0 radical (unpaired) electrons. The molecule has 2 atom stereocenters. The number of amides is 1. The monoisotopic (exact) mass is 355 g/mol. The Labute approximate surface area is 151 Å². The lowest BCUT2D eigenvalue weighted by atomic mass is 9.98. The molecule has 0 heterocycles. The van der Waals surface area contributed by atoms with Gasteiger partial charge in [-0.3, -0.25) is 0 Å². The number of aliphatic hydroxyl groups is 1. The van der Waals surface area contributed by atoms with E-state index in [0.717, 1.165) is 22.3 Å². The highest BCUT2D eigenvalue weighted by atomic mass is 16.5. The molecule has 1 aliphatic carbocycles. The van der Waals surface area contributed by atoms with Gasteiger partial charge in [-0.2, -0.15) is 0 Å². The Morgan fingerprint density at radius 2 is 1.62 bits per heavy atom. The van der Waals surface area contributed by atoms with Crippen LogP contribution in [0, 0.1) is 5.92 Å². The molecule has 0 fully saturated rings. The highest BCUT2D eigenvalue weighted by Gasteiger charge is 2.30. The molecule has 26 heavy (non-hydrogen) atoms. The number of alkyl carbamates (subject to hydrolysis) is 1. The van der Waals surface area contributed by atoms with Gasteiger partial charge in [-0.05, 0) is 22.3 Å².